The predicted octanol–water partition coefficient (Wildman–Crippen LogP) is 5.93. The van der Waals surface area contributed by atoms with E-state index in [0.717, 1.165) is 11.8 Å². The lowest BCUT2D eigenvalue weighted by atomic mass is 9.96. The monoisotopic (exact) mass is 547 g/mol. The smallest absolute Gasteiger partial charge is 0.263 e. The highest BCUT2D eigenvalue weighted by atomic mass is 35.5. The molecule has 0 aliphatic heterocycles. The number of pyridine rings is 2. The number of carbonyl (C=O) groups excluding carboxylic acids is 1. The second-order valence-corrected chi connectivity index (χ2v) is 9.68. The Hall–Kier alpha value is -5.08. The predicted molar refractivity (Wildman–Crippen MR) is 158 cm³/mol. The summed E-state index contributed by atoms with van der Waals surface area (Å²) in [4.78, 5) is 50.0. The maximum atomic E-state index is 14.4. The molecule has 0 saturated carbocycles. The number of nitrogens with zero attached hydrogens (tertiary/aromatic N) is 3. The van der Waals surface area contributed by atoms with Gasteiger partial charge in [0.05, 0.1) is 22.1 Å². The summed E-state index contributed by atoms with van der Waals surface area (Å²) >= 11 is 7.14. The fourth-order valence-electron chi connectivity index (χ4n) is 5.05. The molecule has 40 heavy (non-hydrogen) atoms. The lowest BCUT2D eigenvalue weighted by Crippen LogP contribution is -2.27. The van der Waals surface area contributed by atoms with E-state index in [9.17, 15) is 14.4 Å². The molecule has 0 bridgehead atoms. The molecule has 0 spiro atoms. The number of hydrogen-bond donors (Lipinski definition) is 2. The molecular formula is C31H22ClN5O3. The summed E-state index contributed by atoms with van der Waals surface area (Å²) in [5, 5.41) is 4.97. The number of anilines is 1. The maximum Gasteiger partial charge on any atom is 0.263 e. The summed E-state index contributed by atoms with van der Waals surface area (Å²) in [5.41, 5.74) is 2.91. The molecule has 1 atom stereocenters. The number of nitrogens with one attached hydrogen (secondary N) is 2. The number of H-pyrrole nitrogens is 1. The summed E-state index contributed by atoms with van der Waals surface area (Å²) in [6.07, 6.45) is 3.66. The summed E-state index contributed by atoms with van der Waals surface area (Å²) in [7, 11) is 0. The third-order valence-electron chi connectivity index (χ3n) is 6.84. The molecule has 3 aromatic carbocycles. The first-order valence-electron chi connectivity index (χ1n) is 12.5. The Balaban J connectivity index is 1.62. The molecule has 1 unspecified atom stereocenters. The number of para-hydroxylation sites is 1. The first-order chi connectivity index (χ1) is 19.5. The highest BCUT2D eigenvalue weighted by Crippen LogP contribution is 2.36. The first kappa shape index (κ1) is 25.2. The van der Waals surface area contributed by atoms with Crippen LogP contribution in [0, 0.1) is 0 Å². The van der Waals surface area contributed by atoms with Crippen molar-refractivity contribution in [3.8, 4) is 16.8 Å². The number of fused-ring (bicyclic) bond motifs is 2. The van der Waals surface area contributed by atoms with Gasteiger partial charge in [-0.05, 0) is 36.2 Å². The fraction of sp³-hybridized carbons (Fsp3) is 0.0645. The van der Waals surface area contributed by atoms with Crippen molar-refractivity contribution in [3.05, 3.63) is 128 Å². The van der Waals surface area contributed by atoms with Crippen molar-refractivity contribution in [1.82, 2.24) is 19.5 Å². The highest BCUT2D eigenvalue weighted by molar-refractivity contribution is 6.36. The van der Waals surface area contributed by atoms with Crippen molar-refractivity contribution in [2.24, 2.45) is 0 Å². The molecule has 6 aromatic rings. The number of carbonyl (C=O) groups is 1. The van der Waals surface area contributed by atoms with Crippen molar-refractivity contribution in [2.75, 3.05) is 5.32 Å². The van der Waals surface area contributed by atoms with Crippen LogP contribution in [-0.2, 0) is 0 Å². The second kappa shape index (κ2) is 10.2. The fourth-order valence-corrected chi connectivity index (χ4v) is 5.46. The quantitative estimate of drug-likeness (QED) is 0.250. The average Bonchev–Trinajstić information content (AvgIpc) is 2.99. The van der Waals surface area contributed by atoms with Crippen molar-refractivity contribution < 1.29 is 4.79 Å². The Morgan fingerprint density at radius 2 is 1.75 bits per heavy atom. The second-order valence-electron chi connectivity index (χ2n) is 9.30. The highest BCUT2D eigenvalue weighted by Gasteiger charge is 2.24. The van der Waals surface area contributed by atoms with E-state index in [0.29, 0.717) is 55.2 Å². The van der Waals surface area contributed by atoms with Crippen LogP contribution >= 0.6 is 11.6 Å². The van der Waals surface area contributed by atoms with Gasteiger partial charge >= 0.3 is 0 Å². The van der Waals surface area contributed by atoms with Gasteiger partial charge in [0.25, 0.3) is 5.56 Å². The Morgan fingerprint density at radius 1 is 0.950 bits per heavy atom. The van der Waals surface area contributed by atoms with Gasteiger partial charge in [0, 0.05) is 28.9 Å². The average molecular weight is 548 g/mol. The van der Waals surface area contributed by atoms with E-state index >= 15 is 0 Å². The topological polar surface area (TPSA) is 110 Å². The van der Waals surface area contributed by atoms with Crippen LogP contribution in [0.1, 0.15) is 29.0 Å². The first-order valence-corrected chi connectivity index (χ1v) is 12.9. The van der Waals surface area contributed by atoms with Gasteiger partial charge in [-0.2, -0.15) is 0 Å². The molecule has 0 saturated heterocycles. The summed E-state index contributed by atoms with van der Waals surface area (Å²) < 4.78 is 1.59. The van der Waals surface area contributed by atoms with Gasteiger partial charge in [-0.25, -0.2) is 9.97 Å². The van der Waals surface area contributed by atoms with Crippen LogP contribution in [0.25, 0.3) is 38.6 Å². The third-order valence-corrected chi connectivity index (χ3v) is 7.24. The van der Waals surface area contributed by atoms with Crippen LogP contribution < -0.4 is 16.3 Å². The molecule has 8 nitrogen and oxygen atoms in total. The minimum atomic E-state index is -0.551. The van der Waals surface area contributed by atoms with Gasteiger partial charge in [0.15, 0.2) is 5.43 Å². The number of rotatable bonds is 6. The van der Waals surface area contributed by atoms with Crippen molar-refractivity contribution in [3.63, 3.8) is 0 Å². The lowest BCUT2D eigenvalue weighted by Gasteiger charge is -2.24. The molecule has 3 heterocycles. The number of benzene rings is 3. The van der Waals surface area contributed by atoms with Crippen LogP contribution in [0.3, 0.4) is 0 Å². The molecule has 196 valence electrons. The SMILES string of the molecule is CC(Nc1ncnc2[nH]ccc(=O)c12)c1c(Cl)c2cccc(-c3cccc(C=O)c3)c2c(=O)n1-c1ccccc1. The van der Waals surface area contributed by atoms with Crippen LogP contribution in [0.2, 0.25) is 5.02 Å². The minimum absolute atomic E-state index is 0.240. The van der Waals surface area contributed by atoms with E-state index in [4.69, 9.17) is 11.6 Å². The summed E-state index contributed by atoms with van der Waals surface area (Å²) in [6.45, 7) is 1.86. The standard InChI is InChI=1S/C31H22ClN5O3/c1-18(36-30-26-24(39)13-14-33-29(26)34-17-35-30)28-27(32)23-12-6-11-22(20-8-5-7-19(15-20)16-38)25(23)31(40)37(28)21-9-3-2-4-10-21/h2-18H,1H3,(H2,33,34,35,36,39). The molecule has 9 heteroatoms. The van der Waals surface area contributed by atoms with E-state index < -0.39 is 6.04 Å². The molecule has 0 aliphatic carbocycles. The van der Waals surface area contributed by atoms with Gasteiger partial charge in [-0.3, -0.25) is 19.0 Å². The molecule has 0 aliphatic rings. The number of aromatic nitrogens is 4. The van der Waals surface area contributed by atoms with E-state index in [-0.39, 0.29) is 11.0 Å². The number of aromatic amines is 1. The molecule has 2 N–H and O–H groups in total. The maximum absolute atomic E-state index is 14.4. The van der Waals surface area contributed by atoms with Crippen molar-refractivity contribution in [1.29, 1.82) is 0 Å². The number of aldehydes is 1. The Bertz CT molecular complexity index is 2030. The lowest BCUT2D eigenvalue weighted by molar-refractivity contribution is 0.112. The van der Waals surface area contributed by atoms with E-state index in [1.165, 1.54) is 18.6 Å². The molecule has 3 aromatic heterocycles. The Labute approximate surface area is 232 Å². The third kappa shape index (κ3) is 4.24. The zero-order valence-electron chi connectivity index (χ0n) is 21.3. The van der Waals surface area contributed by atoms with E-state index in [1.54, 1.807) is 22.8 Å². The summed E-state index contributed by atoms with van der Waals surface area (Å²) in [5.74, 6) is 0.321. The zero-order chi connectivity index (χ0) is 27.8. The zero-order valence-corrected chi connectivity index (χ0v) is 22.0. The molecule has 0 radical (unpaired) electrons. The Kier molecular flexibility index (Phi) is 6.45. The minimum Gasteiger partial charge on any atom is -0.361 e. The summed E-state index contributed by atoms with van der Waals surface area (Å²) in [6, 6.07) is 22.7. The van der Waals surface area contributed by atoms with Gasteiger partial charge in [0.2, 0.25) is 0 Å². The van der Waals surface area contributed by atoms with E-state index in [1.807, 2.05) is 61.5 Å². The van der Waals surface area contributed by atoms with Crippen LogP contribution in [-0.4, -0.2) is 25.8 Å². The number of hydrogen-bond acceptors (Lipinski definition) is 6. The van der Waals surface area contributed by atoms with Crippen LogP contribution in [0.4, 0.5) is 5.82 Å². The van der Waals surface area contributed by atoms with Gasteiger partial charge < -0.3 is 10.3 Å². The molecule has 0 fully saturated rings. The van der Waals surface area contributed by atoms with Crippen molar-refractivity contribution in [2.45, 2.75) is 13.0 Å². The number of halogens is 1. The normalized spacial score (nSPS) is 11.9. The van der Waals surface area contributed by atoms with Gasteiger partial charge in [-0.15, -0.1) is 0 Å². The van der Waals surface area contributed by atoms with Gasteiger partial charge in [0.1, 0.15) is 29.5 Å². The van der Waals surface area contributed by atoms with E-state index in [2.05, 4.69) is 20.3 Å². The molecule has 0 amide bonds. The molecule has 6 rings (SSSR count). The Morgan fingerprint density at radius 3 is 2.55 bits per heavy atom. The van der Waals surface area contributed by atoms with Crippen LogP contribution in [0.5, 0.6) is 0 Å². The largest absolute Gasteiger partial charge is 0.361 e. The van der Waals surface area contributed by atoms with Crippen LogP contribution in [0.15, 0.2) is 101 Å². The van der Waals surface area contributed by atoms with Crippen molar-refractivity contribution >= 4 is 45.5 Å². The van der Waals surface area contributed by atoms with Gasteiger partial charge in [-0.1, -0.05) is 66.2 Å². The molecular weight excluding hydrogens is 526 g/mol.